The zero-order valence-electron chi connectivity index (χ0n) is 8.05. The highest BCUT2D eigenvalue weighted by atomic mass is 16.2. The van der Waals surface area contributed by atoms with Gasteiger partial charge in [-0.15, -0.1) is 0 Å². The van der Waals surface area contributed by atoms with Crippen LogP contribution in [-0.2, 0) is 0 Å². The van der Waals surface area contributed by atoms with Gasteiger partial charge in [-0.3, -0.25) is 0 Å². The highest BCUT2D eigenvalue weighted by Crippen LogP contribution is 2.17. The van der Waals surface area contributed by atoms with Gasteiger partial charge in [-0.05, 0) is 19.8 Å². The summed E-state index contributed by atoms with van der Waals surface area (Å²) in [6.45, 7) is 5.86. The lowest BCUT2D eigenvalue weighted by molar-refractivity contribution is 0.217. The molecule has 12 heavy (non-hydrogen) atoms. The minimum Gasteiger partial charge on any atom is -0.352 e. The molecule has 2 amide bonds. The Morgan fingerprint density at radius 2 is 1.92 bits per heavy atom. The molecule has 1 atom stereocenters. The fraction of sp³-hybridized carbons (Fsp3) is 0.875. The number of urea groups is 1. The van der Waals surface area contributed by atoms with Crippen molar-refractivity contribution in [3.63, 3.8) is 0 Å². The molecule has 4 heteroatoms. The van der Waals surface area contributed by atoms with Crippen molar-refractivity contribution in [3.05, 3.63) is 0 Å². The molecule has 0 spiro atoms. The average molecular weight is 173 g/mol. The molecular formula is C8H19N3O. The molecule has 0 fully saturated rings. The number of amides is 2. The number of rotatable bonds is 4. The van der Waals surface area contributed by atoms with Crippen LogP contribution < -0.4 is 16.8 Å². The maximum atomic E-state index is 10.7. The van der Waals surface area contributed by atoms with Crippen molar-refractivity contribution in [3.8, 4) is 0 Å². The molecule has 0 aromatic carbocycles. The molecule has 5 N–H and O–H groups in total. The van der Waals surface area contributed by atoms with Crippen LogP contribution in [0.5, 0.6) is 0 Å². The number of primary amides is 1. The summed E-state index contributed by atoms with van der Waals surface area (Å²) < 4.78 is 0. The van der Waals surface area contributed by atoms with Crippen LogP contribution in [0.25, 0.3) is 0 Å². The molecular weight excluding hydrogens is 154 g/mol. The molecule has 0 aliphatic carbocycles. The number of nitrogens with one attached hydrogen (secondary N) is 1. The second-order valence-electron chi connectivity index (χ2n) is 3.14. The molecule has 0 aliphatic heterocycles. The molecule has 0 aromatic heterocycles. The lowest BCUT2D eigenvalue weighted by Gasteiger charge is -2.35. The Morgan fingerprint density at radius 1 is 1.50 bits per heavy atom. The zero-order chi connectivity index (χ0) is 9.78. The molecule has 0 heterocycles. The Morgan fingerprint density at radius 3 is 2.00 bits per heavy atom. The summed E-state index contributed by atoms with van der Waals surface area (Å²) in [7, 11) is 0. The van der Waals surface area contributed by atoms with E-state index >= 15 is 0 Å². The van der Waals surface area contributed by atoms with Gasteiger partial charge in [0.25, 0.3) is 0 Å². The first-order chi connectivity index (χ1) is 5.48. The highest BCUT2D eigenvalue weighted by Gasteiger charge is 2.31. The molecule has 0 saturated heterocycles. The number of hydrogen-bond acceptors (Lipinski definition) is 2. The first kappa shape index (κ1) is 11.2. The quantitative estimate of drug-likeness (QED) is 0.580. The van der Waals surface area contributed by atoms with Gasteiger partial charge in [0.05, 0.1) is 5.54 Å². The summed E-state index contributed by atoms with van der Waals surface area (Å²) >= 11 is 0. The van der Waals surface area contributed by atoms with Crippen LogP contribution in [0.2, 0.25) is 0 Å². The predicted octanol–water partition coefficient (Wildman–Crippen LogP) is 0.561. The Labute approximate surface area is 73.7 Å². The van der Waals surface area contributed by atoms with Gasteiger partial charge >= 0.3 is 6.03 Å². The maximum Gasteiger partial charge on any atom is 0.312 e. The van der Waals surface area contributed by atoms with Gasteiger partial charge in [-0.1, -0.05) is 13.8 Å². The van der Waals surface area contributed by atoms with Gasteiger partial charge in [-0.2, -0.15) is 0 Å². The van der Waals surface area contributed by atoms with Gasteiger partial charge in [0.15, 0.2) is 0 Å². The third-order valence-corrected chi connectivity index (χ3v) is 2.51. The topological polar surface area (TPSA) is 81.1 Å². The second-order valence-corrected chi connectivity index (χ2v) is 3.14. The predicted molar refractivity (Wildman–Crippen MR) is 49.7 cm³/mol. The Bertz CT molecular complexity index is 152. The third-order valence-electron chi connectivity index (χ3n) is 2.51. The first-order valence-corrected chi connectivity index (χ1v) is 4.31. The summed E-state index contributed by atoms with van der Waals surface area (Å²) in [4.78, 5) is 10.7. The van der Waals surface area contributed by atoms with Crippen LogP contribution in [0.15, 0.2) is 0 Å². The summed E-state index contributed by atoms with van der Waals surface area (Å²) in [5.74, 6) is 0. The Balaban J connectivity index is 4.46. The van der Waals surface area contributed by atoms with Crippen LogP contribution in [0.1, 0.15) is 33.6 Å². The smallest absolute Gasteiger partial charge is 0.312 e. The van der Waals surface area contributed by atoms with Gasteiger partial charge in [0.1, 0.15) is 0 Å². The fourth-order valence-electron chi connectivity index (χ4n) is 1.43. The Kier molecular flexibility index (Phi) is 4.03. The van der Waals surface area contributed by atoms with Crippen LogP contribution in [-0.4, -0.2) is 17.6 Å². The second kappa shape index (κ2) is 4.30. The van der Waals surface area contributed by atoms with E-state index in [1.807, 2.05) is 20.8 Å². The van der Waals surface area contributed by atoms with E-state index in [2.05, 4.69) is 5.32 Å². The number of nitrogens with two attached hydrogens (primary N) is 2. The lowest BCUT2D eigenvalue weighted by atomic mass is 9.86. The monoisotopic (exact) mass is 173 g/mol. The highest BCUT2D eigenvalue weighted by molar-refractivity contribution is 5.72. The van der Waals surface area contributed by atoms with Crippen molar-refractivity contribution in [2.45, 2.75) is 45.2 Å². The average Bonchev–Trinajstić information content (AvgIpc) is 1.99. The van der Waals surface area contributed by atoms with Crippen molar-refractivity contribution in [1.82, 2.24) is 5.32 Å². The molecule has 4 nitrogen and oxygen atoms in total. The fourth-order valence-corrected chi connectivity index (χ4v) is 1.43. The molecule has 0 aromatic rings. The van der Waals surface area contributed by atoms with E-state index in [4.69, 9.17) is 11.5 Å². The van der Waals surface area contributed by atoms with Crippen molar-refractivity contribution in [2.75, 3.05) is 0 Å². The minimum atomic E-state index is -0.504. The number of carbonyl (C=O) groups excluding carboxylic acids is 1. The van der Waals surface area contributed by atoms with E-state index in [9.17, 15) is 4.79 Å². The molecule has 0 aliphatic rings. The van der Waals surface area contributed by atoms with Crippen LogP contribution in [0.3, 0.4) is 0 Å². The van der Waals surface area contributed by atoms with Crippen molar-refractivity contribution in [2.24, 2.45) is 11.5 Å². The molecule has 0 rings (SSSR count). The van der Waals surface area contributed by atoms with Gasteiger partial charge < -0.3 is 16.8 Å². The van der Waals surface area contributed by atoms with E-state index < -0.39 is 6.03 Å². The third kappa shape index (κ3) is 2.37. The molecule has 1 unspecified atom stereocenters. The van der Waals surface area contributed by atoms with Crippen LogP contribution >= 0.6 is 0 Å². The van der Waals surface area contributed by atoms with E-state index in [1.165, 1.54) is 0 Å². The van der Waals surface area contributed by atoms with Crippen LogP contribution in [0.4, 0.5) is 4.79 Å². The number of carbonyl (C=O) groups is 1. The van der Waals surface area contributed by atoms with Crippen LogP contribution in [0, 0.1) is 0 Å². The van der Waals surface area contributed by atoms with Gasteiger partial charge in [0, 0.05) is 6.04 Å². The number of hydrogen-bond donors (Lipinski definition) is 3. The van der Waals surface area contributed by atoms with E-state index in [1.54, 1.807) is 0 Å². The largest absolute Gasteiger partial charge is 0.352 e. The normalized spacial score (nSPS) is 14.0. The standard InChI is InChI=1S/C8H19N3O/c1-4-8(5-2,6(3)9)11-7(10)12/h6H,4-5,9H2,1-3H3,(H3,10,11,12). The van der Waals surface area contributed by atoms with E-state index in [-0.39, 0.29) is 11.6 Å². The molecule has 0 radical (unpaired) electrons. The van der Waals surface area contributed by atoms with Crippen molar-refractivity contribution in [1.29, 1.82) is 0 Å². The first-order valence-electron chi connectivity index (χ1n) is 4.31. The van der Waals surface area contributed by atoms with Gasteiger partial charge in [0.2, 0.25) is 0 Å². The van der Waals surface area contributed by atoms with E-state index in [0.29, 0.717) is 0 Å². The summed E-state index contributed by atoms with van der Waals surface area (Å²) in [6, 6.07) is -0.587. The lowest BCUT2D eigenvalue weighted by Crippen LogP contribution is -2.59. The van der Waals surface area contributed by atoms with Crippen molar-refractivity contribution < 1.29 is 4.79 Å². The van der Waals surface area contributed by atoms with Crippen molar-refractivity contribution >= 4 is 6.03 Å². The zero-order valence-corrected chi connectivity index (χ0v) is 8.05. The summed E-state index contributed by atoms with van der Waals surface area (Å²) in [5.41, 5.74) is 10.5. The maximum absolute atomic E-state index is 10.7. The summed E-state index contributed by atoms with van der Waals surface area (Å²) in [5, 5.41) is 2.71. The van der Waals surface area contributed by atoms with E-state index in [0.717, 1.165) is 12.8 Å². The van der Waals surface area contributed by atoms with Gasteiger partial charge in [-0.25, -0.2) is 4.79 Å². The molecule has 0 bridgehead atoms. The molecule has 0 saturated carbocycles. The summed E-state index contributed by atoms with van der Waals surface area (Å²) in [6.07, 6.45) is 1.59. The Hall–Kier alpha value is -0.770. The SMILES string of the molecule is CCC(CC)(NC(N)=O)C(C)N. The minimum absolute atomic E-state index is 0.0833. The molecule has 72 valence electrons.